The zero-order chi connectivity index (χ0) is 19.9. The molecule has 0 aliphatic rings. The van der Waals surface area contributed by atoms with Gasteiger partial charge in [0.15, 0.2) is 0 Å². The van der Waals surface area contributed by atoms with Gasteiger partial charge < -0.3 is 0 Å². The molecule has 0 aliphatic carbocycles. The zero-order valence-electron chi connectivity index (χ0n) is 15.7. The van der Waals surface area contributed by atoms with E-state index in [1.165, 1.54) is 30.9 Å². The highest BCUT2D eigenvalue weighted by Crippen LogP contribution is 2.26. The first kappa shape index (κ1) is 20.1. The number of aryl methyl sites for hydroxylation is 1. The predicted octanol–water partition coefficient (Wildman–Crippen LogP) is 7.42. The maximum atomic E-state index is 14.5. The molecule has 0 amide bonds. The van der Waals surface area contributed by atoms with Gasteiger partial charge in [-0.05, 0) is 60.4 Å². The Morgan fingerprint density at radius 3 is 2.21 bits per heavy atom. The van der Waals surface area contributed by atoms with E-state index in [1.54, 1.807) is 24.3 Å². The van der Waals surface area contributed by atoms with Gasteiger partial charge in [-0.3, -0.25) is 0 Å². The van der Waals surface area contributed by atoms with Gasteiger partial charge >= 0.3 is 0 Å². The number of unbranched alkanes of at least 4 members (excludes halogenated alkanes) is 2. The summed E-state index contributed by atoms with van der Waals surface area (Å²) in [6, 6.07) is 16.9. The van der Waals surface area contributed by atoms with Gasteiger partial charge in [-0.1, -0.05) is 67.5 Å². The average Bonchev–Trinajstić information content (AvgIpc) is 2.70. The third-order valence-corrected chi connectivity index (χ3v) is 4.83. The van der Waals surface area contributed by atoms with Gasteiger partial charge in [-0.2, -0.15) is 0 Å². The van der Waals surface area contributed by atoms with E-state index < -0.39 is 11.6 Å². The second-order valence-corrected chi connectivity index (χ2v) is 7.16. The van der Waals surface area contributed by atoms with Crippen LogP contribution in [0.2, 0.25) is 5.02 Å². The zero-order valence-corrected chi connectivity index (χ0v) is 16.5. The van der Waals surface area contributed by atoms with Gasteiger partial charge in [0.25, 0.3) is 0 Å². The van der Waals surface area contributed by atoms with Crippen LogP contribution in [0.4, 0.5) is 8.78 Å². The SMILES string of the molecule is CCCCCc1ccc(C#Cc2cc(F)c(-c3ccc(Cl)cc3)cc2F)cc1. The fourth-order valence-corrected chi connectivity index (χ4v) is 3.09. The number of hydrogen-bond acceptors (Lipinski definition) is 0. The Balaban J connectivity index is 1.78. The largest absolute Gasteiger partial charge is 0.206 e. The molecular formula is C25H21ClF2. The highest BCUT2D eigenvalue weighted by Gasteiger charge is 2.10. The maximum absolute atomic E-state index is 14.5. The Hall–Kier alpha value is -2.63. The summed E-state index contributed by atoms with van der Waals surface area (Å²) in [7, 11) is 0. The Labute approximate surface area is 170 Å². The summed E-state index contributed by atoms with van der Waals surface area (Å²) in [5.74, 6) is 4.60. The molecule has 0 N–H and O–H groups in total. The first-order valence-corrected chi connectivity index (χ1v) is 9.80. The number of halogens is 3. The Morgan fingerprint density at radius 1 is 0.821 bits per heavy atom. The molecule has 0 bridgehead atoms. The molecule has 3 heteroatoms. The summed E-state index contributed by atoms with van der Waals surface area (Å²) in [5, 5.41) is 0.545. The highest BCUT2D eigenvalue weighted by molar-refractivity contribution is 6.30. The van der Waals surface area contributed by atoms with Gasteiger partial charge in [0.2, 0.25) is 0 Å². The lowest BCUT2D eigenvalue weighted by atomic mass is 10.0. The van der Waals surface area contributed by atoms with Gasteiger partial charge in [0, 0.05) is 16.1 Å². The van der Waals surface area contributed by atoms with Crippen molar-refractivity contribution in [3.63, 3.8) is 0 Å². The molecule has 0 aromatic heterocycles. The standard InChI is InChI=1S/C25H21ClF2/c1-2-3-4-5-18-6-8-19(9-7-18)10-11-21-16-25(28)23(17-24(21)27)20-12-14-22(26)15-13-20/h6-9,12-17H,2-5H2,1H3. The highest BCUT2D eigenvalue weighted by atomic mass is 35.5. The lowest BCUT2D eigenvalue weighted by molar-refractivity contribution is 0.600. The molecule has 142 valence electrons. The molecule has 0 saturated carbocycles. The van der Waals surface area contributed by atoms with Crippen molar-refractivity contribution in [2.45, 2.75) is 32.6 Å². The van der Waals surface area contributed by atoms with Crippen LogP contribution >= 0.6 is 11.6 Å². The lowest BCUT2D eigenvalue weighted by Crippen LogP contribution is -1.92. The molecule has 3 rings (SSSR count). The van der Waals surface area contributed by atoms with Crippen molar-refractivity contribution in [2.24, 2.45) is 0 Å². The van der Waals surface area contributed by atoms with Crippen LogP contribution in [0.5, 0.6) is 0 Å². The Kier molecular flexibility index (Phi) is 6.85. The van der Waals surface area contributed by atoms with Gasteiger partial charge in [-0.25, -0.2) is 8.78 Å². The Morgan fingerprint density at radius 2 is 1.54 bits per heavy atom. The molecule has 0 nitrogen and oxygen atoms in total. The van der Waals surface area contributed by atoms with Crippen LogP contribution in [0.25, 0.3) is 11.1 Å². The first-order chi connectivity index (χ1) is 13.6. The molecule has 0 heterocycles. The van der Waals surface area contributed by atoms with Gasteiger partial charge in [0.05, 0.1) is 5.56 Å². The van der Waals surface area contributed by atoms with Crippen molar-refractivity contribution < 1.29 is 8.78 Å². The molecule has 3 aromatic carbocycles. The molecule has 0 unspecified atom stereocenters. The average molecular weight is 395 g/mol. The van der Waals surface area contributed by atoms with Crippen LogP contribution in [-0.4, -0.2) is 0 Å². The van der Waals surface area contributed by atoms with Crippen molar-refractivity contribution >= 4 is 11.6 Å². The molecule has 28 heavy (non-hydrogen) atoms. The van der Waals surface area contributed by atoms with E-state index in [9.17, 15) is 8.78 Å². The van der Waals surface area contributed by atoms with E-state index in [0.717, 1.165) is 18.1 Å². The smallest absolute Gasteiger partial charge is 0.139 e. The van der Waals surface area contributed by atoms with E-state index in [1.807, 2.05) is 24.3 Å². The maximum Gasteiger partial charge on any atom is 0.139 e. The molecule has 0 spiro atoms. The lowest BCUT2D eigenvalue weighted by Gasteiger charge is -2.05. The van der Waals surface area contributed by atoms with Crippen LogP contribution in [0, 0.1) is 23.5 Å². The fourth-order valence-electron chi connectivity index (χ4n) is 2.97. The van der Waals surface area contributed by atoms with Crippen LogP contribution in [0.1, 0.15) is 42.9 Å². The van der Waals surface area contributed by atoms with Crippen LogP contribution in [0.3, 0.4) is 0 Å². The normalized spacial score (nSPS) is 10.4. The number of hydrogen-bond donors (Lipinski definition) is 0. The Bertz CT molecular complexity index is 994. The first-order valence-electron chi connectivity index (χ1n) is 9.43. The van der Waals surface area contributed by atoms with Gasteiger partial charge in [0.1, 0.15) is 11.6 Å². The minimum atomic E-state index is -0.546. The second-order valence-electron chi connectivity index (χ2n) is 6.72. The number of rotatable bonds is 5. The second kappa shape index (κ2) is 9.53. The predicted molar refractivity (Wildman–Crippen MR) is 112 cm³/mol. The summed E-state index contributed by atoms with van der Waals surface area (Å²) < 4.78 is 28.9. The molecule has 0 aliphatic heterocycles. The summed E-state index contributed by atoms with van der Waals surface area (Å²) in [6.45, 7) is 2.18. The minimum absolute atomic E-state index is 0.0437. The third kappa shape index (κ3) is 5.21. The summed E-state index contributed by atoms with van der Waals surface area (Å²) in [5.41, 5.74) is 2.85. The molecule has 0 saturated heterocycles. The summed E-state index contributed by atoms with van der Waals surface area (Å²) in [4.78, 5) is 0. The molecule has 0 radical (unpaired) electrons. The fraction of sp³-hybridized carbons (Fsp3) is 0.200. The molecule has 3 aromatic rings. The van der Waals surface area contributed by atoms with Crippen molar-refractivity contribution in [3.8, 4) is 23.0 Å². The van der Waals surface area contributed by atoms with Crippen LogP contribution in [-0.2, 0) is 6.42 Å². The molecule has 0 atom stereocenters. The monoisotopic (exact) mass is 394 g/mol. The molecular weight excluding hydrogens is 374 g/mol. The van der Waals surface area contributed by atoms with E-state index in [0.29, 0.717) is 10.6 Å². The minimum Gasteiger partial charge on any atom is -0.206 e. The van der Waals surface area contributed by atoms with Crippen LogP contribution < -0.4 is 0 Å². The van der Waals surface area contributed by atoms with Crippen LogP contribution in [0.15, 0.2) is 60.7 Å². The summed E-state index contributed by atoms with van der Waals surface area (Å²) >= 11 is 5.85. The van der Waals surface area contributed by atoms with Gasteiger partial charge in [-0.15, -0.1) is 0 Å². The van der Waals surface area contributed by atoms with E-state index in [-0.39, 0.29) is 11.1 Å². The van der Waals surface area contributed by atoms with E-state index in [4.69, 9.17) is 11.6 Å². The third-order valence-electron chi connectivity index (χ3n) is 4.58. The topological polar surface area (TPSA) is 0 Å². The van der Waals surface area contributed by atoms with Crippen molar-refractivity contribution in [3.05, 3.63) is 94.0 Å². The van der Waals surface area contributed by atoms with E-state index >= 15 is 0 Å². The van der Waals surface area contributed by atoms with Crippen molar-refractivity contribution in [2.75, 3.05) is 0 Å². The van der Waals surface area contributed by atoms with E-state index in [2.05, 4.69) is 18.8 Å². The number of benzene rings is 3. The summed E-state index contributed by atoms with van der Waals surface area (Å²) in [6.07, 6.45) is 4.64. The van der Waals surface area contributed by atoms with Crippen molar-refractivity contribution in [1.29, 1.82) is 0 Å². The molecule has 0 fully saturated rings. The quantitative estimate of drug-likeness (QED) is 0.312. The van der Waals surface area contributed by atoms with Crippen molar-refractivity contribution in [1.82, 2.24) is 0 Å².